The summed E-state index contributed by atoms with van der Waals surface area (Å²) >= 11 is 0. The van der Waals surface area contributed by atoms with Crippen LogP contribution in [-0.4, -0.2) is 43.5 Å². The average Bonchev–Trinajstić information content (AvgIpc) is 2.15. The van der Waals surface area contributed by atoms with Gasteiger partial charge in [-0.2, -0.15) is 0 Å². The van der Waals surface area contributed by atoms with Crippen LogP contribution in [0.4, 0.5) is 4.79 Å². The number of hydrogen-bond donors (Lipinski definition) is 2. The van der Waals surface area contributed by atoms with Crippen molar-refractivity contribution in [2.45, 2.75) is 12.8 Å². The maximum Gasteiger partial charge on any atom is 0.317 e. The molecule has 0 bridgehead atoms. The topological polar surface area (TPSA) is 61.4 Å². The zero-order chi connectivity index (χ0) is 9.52. The fourth-order valence-corrected chi connectivity index (χ4v) is 1.30. The van der Waals surface area contributed by atoms with Crippen LogP contribution < -0.4 is 10.6 Å². The van der Waals surface area contributed by atoms with Crippen molar-refractivity contribution in [2.75, 3.05) is 26.2 Å². The maximum atomic E-state index is 11.2. The van der Waals surface area contributed by atoms with Gasteiger partial charge in [0.2, 0.25) is 0 Å². The molecule has 0 atom stereocenters. The third-order valence-corrected chi connectivity index (χ3v) is 1.97. The van der Waals surface area contributed by atoms with Crippen LogP contribution in [0.2, 0.25) is 0 Å². The van der Waals surface area contributed by atoms with Gasteiger partial charge in [-0.25, -0.2) is 4.79 Å². The molecule has 1 fully saturated rings. The Bertz CT molecular complexity index is 184. The minimum atomic E-state index is 0.00123. The predicted molar refractivity (Wildman–Crippen MR) is 47.9 cm³/mol. The molecule has 2 N–H and O–H groups in total. The summed E-state index contributed by atoms with van der Waals surface area (Å²) in [6, 6.07) is 0.00123. The highest BCUT2D eigenvalue weighted by Gasteiger charge is 2.15. The lowest BCUT2D eigenvalue weighted by Gasteiger charge is -2.27. The van der Waals surface area contributed by atoms with Crippen molar-refractivity contribution in [3.05, 3.63) is 0 Å². The number of amides is 3. The van der Waals surface area contributed by atoms with E-state index in [9.17, 15) is 9.59 Å². The lowest BCUT2D eigenvalue weighted by Crippen LogP contribution is -2.47. The molecule has 73 valence electrons. The predicted octanol–water partition coefficient (Wildman–Crippen LogP) is -0.551. The molecule has 0 saturated carbocycles. The third-order valence-electron chi connectivity index (χ3n) is 1.97. The molecule has 0 unspecified atom stereocenters. The molecule has 1 aliphatic heterocycles. The molecule has 0 aromatic rings. The van der Waals surface area contributed by atoms with E-state index in [1.165, 1.54) is 0 Å². The van der Waals surface area contributed by atoms with E-state index in [-0.39, 0.29) is 6.03 Å². The normalized spacial score (nSPS) is 16.6. The summed E-state index contributed by atoms with van der Waals surface area (Å²) in [4.78, 5) is 22.7. The second-order valence-corrected chi connectivity index (χ2v) is 2.95. The smallest absolute Gasteiger partial charge is 0.317 e. The average molecular weight is 184 g/mol. The van der Waals surface area contributed by atoms with Crippen molar-refractivity contribution in [3.63, 3.8) is 0 Å². The van der Waals surface area contributed by atoms with E-state index in [1.54, 1.807) is 11.3 Å². The first-order chi connectivity index (χ1) is 6.34. The summed E-state index contributed by atoms with van der Waals surface area (Å²) in [6.45, 7) is 2.86. The van der Waals surface area contributed by atoms with E-state index in [2.05, 4.69) is 10.6 Å². The van der Waals surface area contributed by atoms with Crippen molar-refractivity contribution in [1.82, 2.24) is 15.5 Å². The van der Waals surface area contributed by atoms with Crippen LogP contribution in [0.25, 0.3) is 0 Å². The van der Waals surface area contributed by atoms with Crippen molar-refractivity contribution in [1.29, 1.82) is 0 Å². The molecule has 3 amide bonds. The summed E-state index contributed by atoms with van der Waals surface area (Å²) < 4.78 is 0. The Hall–Kier alpha value is -1.26. The first-order valence-corrected chi connectivity index (χ1v) is 4.47. The van der Waals surface area contributed by atoms with E-state index in [4.69, 9.17) is 0 Å². The number of hydrogen-bond acceptors (Lipinski definition) is 2. The van der Waals surface area contributed by atoms with Gasteiger partial charge in [0, 0.05) is 26.2 Å². The minimum Gasteiger partial charge on any atom is -0.348 e. The van der Waals surface area contributed by atoms with Gasteiger partial charge >= 0.3 is 12.4 Å². The molecule has 0 spiro atoms. The first kappa shape index (κ1) is 9.83. The Balaban J connectivity index is 2.11. The molecular weight excluding hydrogens is 170 g/mol. The van der Waals surface area contributed by atoms with Gasteiger partial charge in [0.15, 0.2) is 0 Å². The molecule has 5 heteroatoms. The zero-order valence-corrected chi connectivity index (χ0v) is 7.51. The molecule has 1 radical (unpaired) electrons. The summed E-state index contributed by atoms with van der Waals surface area (Å²) in [6.07, 6.45) is 3.38. The maximum absolute atomic E-state index is 11.2. The second kappa shape index (κ2) is 5.40. The number of urea groups is 1. The minimum absolute atomic E-state index is 0.00123. The van der Waals surface area contributed by atoms with E-state index in [0.717, 1.165) is 25.9 Å². The number of carbonyl (C=O) groups excluding carboxylic acids is 2. The van der Waals surface area contributed by atoms with Crippen molar-refractivity contribution in [2.24, 2.45) is 0 Å². The molecule has 0 aliphatic carbocycles. The quantitative estimate of drug-likeness (QED) is 0.445. The summed E-state index contributed by atoms with van der Waals surface area (Å²) in [7, 11) is 0. The van der Waals surface area contributed by atoms with E-state index < -0.39 is 0 Å². The fraction of sp³-hybridized carbons (Fsp3) is 0.750. The zero-order valence-electron chi connectivity index (χ0n) is 7.51. The number of rotatable bonds is 5. The van der Waals surface area contributed by atoms with Gasteiger partial charge in [0.25, 0.3) is 0 Å². The van der Waals surface area contributed by atoms with Crippen molar-refractivity contribution < 1.29 is 9.59 Å². The fourth-order valence-electron chi connectivity index (χ4n) is 1.30. The molecular formula is C8H14N3O2. The van der Waals surface area contributed by atoms with Crippen LogP contribution in [0.3, 0.4) is 0 Å². The molecule has 5 nitrogen and oxygen atoms in total. The van der Waals surface area contributed by atoms with Crippen LogP contribution in [0, 0.1) is 0 Å². The highest BCUT2D eigenvalue weighted by molar-refractivity contribution is 5.74. The molecule has 1 saturated heterocycles. The van der Waals surface area contributed by atoms with Gasteiger partial charge in [0.1, 0.15) is 0 Å². The molecule has 1 rings (SSSR count). The highest BCUT2D eigenvalue weighted by Crippen LogP contribution is 1.99. The van der Waals surface area contributed by atoms with Crippen molar-refractivity contribution in [3.8, 4) is 0 Å². The highest BCUT2D eigenvalue weighted by atomic mass is 16.2. The van der Waals surface area contributed by atoms with E-state index in [1.807, 2.05) is 0 Å². The van der Waals surface area contributed by atoms with E-state index >= 15 is 0 Å². The summed E-state index contributed by atoms with van der Waals surface area (Å²) in [5, 5.41) is 5.20. The lowest BCUT2D eigenvalue weighted by atomic mass is 10.3. The standard InChI is InChI=1S/C8H14N3O2/c12-7-9-3-1-5-11-6-2-4-10-8(11)13/h1-6H2,(H,9,12)(H,10,13). The van der Waals surface area contributed by atoms with Crippen molar-refractivity contribution >= 4 is 12.4 Å². The summed E-state index contributed by atoms with van der Waals surface area (Å²) in [5.41, 5.74) is 0. The SMILES string of the molecule is O=[C]NCCCN1CCCNC1=O. The largest absolute Gasteiger partial charge is 0.348 e. The van der Waals surface area contributed by atoms with Gasteiger partial charge in [-0.1, -0.05) is 0 Å². The van der Waals surface area contributed by atoms with Crippen LogP contribution in [0.1, 0.15) is 12.8 Å². The monoisotopic (exact) mass is 184 g/mol. The van der Waals surface area contributed by atoms with Crippen LogP contribution in [-0.2, 0) is 4.79 Å². The first-order valence-electron chi connectivity index (χ1n) is 4.47. The molecule has 1 heterocycles. The Kier molecular flexibility index (Phi) is 4.08. The molecule has 0 aromatic carbocycles. The molecule has 1 aliphatic rings. The van der Waals surface area contributed by atoms with Gasteiger partial charge in [-0.05, 0) is 12.8 Å². The number of nitrogens with zero attached hydrogens (tertiary/aromatic N) is 1. The second-order valence-electron chi connectivity index (χ2n) is 2.95. The van der Waals surface area contributed by atoms with Gasteiger partial charge in [-0.15, -0.1) is 0 Å². The van der Waals surface area contributed by atoms with Crippen LogP contribution in [0.15, 0.2) is 0 Å². The Morgan fingerprint density at radius 1 is 1.62 bits per heavy atom. The van der Waals surface area contributed by atoms with Gasteiger partial charge in [0.05, 0.1) is 0 Å². The van der Waals surface area contributed by atoms with Gasteiger partial charge < -0.3 is 15.5 Å². The van der Waals surface area contributed by atoms with Crippen LogP contribution in [0.5, 0.6) is 0 Å². The van der Waals surface area contributed by atoms with Gasteiger partial charge in [-0.3, -0.25) is 4.79 Å². The molecule has 0 aromatic heterocycles. The lowest BCUT2D eigenvalue weighted by molar-refractivity contribution is 0.185. The number of nitrogens with one attached hydrogen (secondary N) is 2. The van der Waals surface area contributed by atoms with E-state index in [0.29, 0.717) is 13.1 Å². The Morgan fingerprint density at radius 3 is 3.15 bits per heavy atom. The third kappa shape index (κ3) is 3.31. The Morgan fingerprint density at radius 2 is 2.46 bits per heavy atom. The summed E-state index contributed by atoms with van der Waals surface area (Å²) in [5.74, 6) is 0. The van der Waals surface area contributed by atoms with Crippen LogP contribution >= 0.6 is 0 Å². The molecule has 13 heavy (non-hydrogen) atoms. The number of carbonyl (C=O) groups is 1. The Labute approximate surface area is 77.5 Å².